The Morgan fingerprint density at radius 1 is 1.12 bits per heavy atom. The minimum Gasteiger partial charge on any atom is -0.487 e. The summed E-state index contributed by atoms with van der Waals surface area (Å²) in [5, 5.41) is 0.355. The van der Waals surface area contributed by atoms with Crippen molar-refractivity contribution in [2.75, 3.05) is 7.11 Å². The molecule has 0 aliphatic carbocycles. The first-order valence-electron chi connectivity index (χ1n) is 7.52. The third kappa shape index (κ3) is 6.03. The number of alkyl halides is 3. The SMILES string of the molecule is COC(=S)C=CC(C)Oc1ccc(Oc2ccc(C(F)(F)F)cn2)cc1. The van der Waals surface area contributed by atoms with Crippen molar-refractivity contribution >= 4 is 17.3 Å². The van der Waals surface area contributed by atoms with E-state index in [0.29, 0.717) is 16.5 Å². The molecule has 0 saturated carbocycles. The van der Waals surface area contributed by atoms with Crippen molar-refractivity contribution in [1.29, 1.82) is 0 Å². The lowest BCUT2D eigenvalue weighted by atomic mass is 10.3. The van der Waals surface area contributed by atoms with Crippen LogP contribution in [0.1, 0.15) is 12.5 Å². The first-order valence-corrected chi connectivity index (χ1v) is 7.92. The second kappa shape index (κ2) is 8.66. The van der Waals surface area contributed by atoms with Gasteiger partial charge in [0.1, 0.15) is 17.6 Å². The highest BCUT2D eigenvalue weighted by atomic mass is 32.1. The minimum absolute atomic E-state index is 0.0658. The molecule has 0 aliphatic heterocycles. The Hall–Kier alpha value is -2.61. The summed E-state index contributed by atoms with van der Waals surface area (Å²) in [6.45, 7) is 1.84. The molecule has 1 atom stereocenters. The summed E-state index contributed by atoms with van der Waals surface area (Å²) in [6.07, 6.45) is -0.546. The van der Waals surface area contributed by atoms with Crippen LogP contribution in [0.15, 0.2) is 54.7 Å². The molecular weight excluding hydrogens is 367 g/mol. The molecule has 138 valence electrons. The van der Waals surface area contributed by atoms with E-state index in [1.54, 1.807) is 36.4 Å². The monoisotopic (exact) mass is 383 g/mol. The van der Waals surface area contributed by atoms with Crippen LogP contribution in [0, 0.1) is 0 Å². The summed E-state index contributed by atoms with van der Waals surface area (Å²) in [5.41, 5.74) is -0.830. The molecule has 26 heavy (non-hydrogen) atoms. The van der Waals surface area contributed by atoms with Gasteiger partial charge in [-0.1, -0.05) is 0 Å². The highest BCUT2D eigenvalue weighted by molar-refractivity contribution is 7.80. The van der Waals surface area contributed by atoms with Gasteiger partial charge in [-0.25, -0.2) is 4.98 Å². The normalized spacial score (nSPS) is 12.7. The second-order valence-electron chi connectivity index (χ2n) is 5.16. The summed E-state index contributed by atoms with van der Waals surface area (Å²) in [5.74, 6) is 1.09. The summed E-state index contributed by atoms with van der Waals surface area (Å²) < 4.78 is 53.4. The molecule has 1 aromatic heterocycles. The predicted octanol–water partition coefficient (Wildman–Crippen LogP) is 5.19. The average Bonchev–Trinajstić information content (AvgIpc) is 2.61. The maximum Gasteiger partial charge on any atom is 0.417 e. The fourth-order valence-corrected chi connectivity index (χ4v) is 1.93. The average molecular weight is 383 g/mol. The molecule has 0 bridgehead atoms. The Morgan fingerprint density at radius 3 is 2.31 bits per heavy atom. The van der Waals surface area contributed by atoms with Gasteiger partial charge in [0.15, 0.2) is 5.05 Å². The molecule has 0 N–H and O–H groups in total. The smallest absolute Gasteiger partial charge is 0.417 e. The number of benzene rings is 1. The van der Waals surface area contributed by atoms with Gasteiger partial charge in [0, 0.05) is 12.3 Å². The fraction of sp³-hybridized carbons (Fsp3) is 0.222. The maximum atomic E-state index is 12.5. The third-order valence-corrected chi connectivity index (χ3v) is 3.44. The van der Waals surface area contributed by atoms with Crippen molar-refractivity contribution in [1.82, 2.24) is 4.98 Å². The Morgan fingerprint density at radius 2 is 1.77 bits per heavy atom. The van der Waals surface area contributed by atoms with E-state index in [4.69, 9.17) is 26.4 Å². The van der Waals surface area contributed by atoms with Crippen LogP contribution in [-0.2, 0) is 10.9 Å². The summed E-state index contributed by atoms with van der Waals surface area (Å²) >= 11 is 4.90. The van der Waals surface area contributed by atoms with E-state index < -0.39 is 11.7 Å². The van der Waals surface area contributed by atoms with Crippen LogP contribution in [0.5, 0.6) is 17.4 Å². The largest absolute Gasteiger partial charge is 0.487 e. The highest BCUT2D eigenvalue weighted by Gasteiger charge is 2.30. The first kappa shape index (κ1) is 19.7. The van der Waals surface area contributed by atoms with E-state index in [-0.39, 0.29) is 12.0 Å². The Labute approximate surface area is 154 Å². The zero-order valence-corrected chi connectivity index (χ0v) is 14.8. The zero-order chi connectivity index (χ0) is 19.2. The van der Waals surface area contributed by atoms with Gasteiger partial charge in [-0.2, -0.15) is 13.2 Å². The molecular formula is C18H16F3NO3S. The maximum absolute atomic E-state index is 12.5. The van der Waals surface area contributed by atoms with Crippen molar-refractivity contribution in [3.63, 3.8) is 0 Å². The van der Waals surface area contributed by atoms with E-state index >= 15 is 0 Å². The van der Waals surface area contributed by atoms with Crippen molar-refractivity contribution < 1.29 is 27.4 Å². The van der Waals surface area contributed by atoms with Crippen LogP contribution in [0.2, 0.25) is 0 Å². The number of halogens is 3. The Kier molecular flexibility index (Phi) is 6.57. The number of aromatic nitrogens is 1. The number of thiocarbonyl (C=S) groups is 1. The molecule has 2 aromatic rings. The Balaban J connectivity index is 1.95. The molecule has 1 unspecified atom stereocenters. The molecule has 0 aliphatic rings. The lowest BCUT2D eigenvalue weighted by Crippen LogP contribution is -2.08. The van der Waals surface area contributed by atoms with Crippen molar-refractivity contribution in [3.8, 4) is 17.4 Å². The quantitative estimate of drug-likeness (QED) is 0.507. The number of ether oxygens (including phenoxy) is 3. The molecule has 8 heteroatoms. The van der Waals surface area contributed by atoms with Gasteiger partial charge in [0.25, 0.3) is 0 Å². The van der Waals surface area contributed by atoms with E-state index in [0.717, 1.165) is 12.3 Å². The highest BCUT2D eigenvalue weighted by Crippen LogP contribution is 2.30. The van der Waals surface area contributed by atoms with E-state index in [9.17, 15) is 13.2 Å². The van der Waals surface area contributed by atoms with Crippen molar-refractivity contribution in [2.24, 2.45) is 0 Å². The molecule has 4 nitrogen and oxygen atoms in total. The summed E-state index contributed by atoms with van der Waals surface area (Å²) in [4.78, 5) is 3.65. The van der Waals surface area contributed by atoms with E-state index in [1.165, 1.54) is 13.2 Å². The lowest BCUT2D eigenvalue weighted by molar-refractivity contribution is -0.137. The molecule has 0 fully saturated rings. The van der Waals surface area contributed by atoms with Crippen molar-refractivity contribution in [3.05, 3.63) is 60.3 Å². The van der Waals surface area contributed by atoms with Crippen LogP contribution < -0.4 is 9.47 Å². The van der Waals surface area contributed by atoms with E-state index in [2.05, 4.69) is 4.98 Å². The van der Waals surface area contributed by atoms with Gasteiger partial charge in [-0.3, -0.25) is 0 Å². The van der Waals surface area contributed by atoms with Gasteiger partial charge in [-0.15, -0.1) is 0 Å². The molecule has 2 rings (SSSR count). The van der Waals surface area contributed by atoms with Crippen LogP contribution in [0.3, 0.4) is 0 Å². The molecule has 0 saturated heterocycles. The van der Waals surface area contributed by atoms with E-state index in [1.807, 2.05) is 6.92 Å². The lowest BCUT2D eigenvalue weighted by Gasteiger charge is -2.12. The summed E-state index contributed by atoms with van der Waals surface area (Å²) in [7, 11) is 1.49. The van der Waals surface area contributed by atoms with Gasteiger partial charge in [0.2, 0.25) is 5.88 Å². The summed E-state index contributed by atoms with van der Waals surface area (Å²) in [6, 6.07) is 8.70. The van der Waals surface area contributed by atoms with Gasteiger partial charge < -0.3 is 14.2 Å². The van der Waals surface area contributed by atoms with Crippen LogP contribution >= 0.6 is 12.2 Å². The second-order valence-corrected chi connectivity index (χ2v) is 5.56. The number of methoxy groups -OCH3 is 1. The molecule has 0 spiro atoms. The molecule has 1 aromatic carbocycles. The van der Waals surface area contributed by atoms with Crippen molar-refractivity contribution in [2.45, 2.75) is 19.2 Å². The fourth-order valence-electron chi connectivity index (χ4n) is 1.85. The first-order chi connectivity index (χ1) is 12.3. The standard InChI is InChI=1S/C18H16F3NO3S/c1-12(3-10-17(26)23-2)24-14-5-7-15(8-6-14)25-16-9-4-13(11-22-16)18(19,20)21/h3-12H,1-2H3. The number of pyridine rings is 1. The number of hydrogen-bond donors (Lipinski definition) is 0. The third-order valence-electron chi connectivity index (χ3n) is 3.14. The number of rotatable bonds is 6. The number of nitrogens with zero attached hydrogens (tertiary/aromatic N) is 1. The van der Waals surface area contributed by atoms with Gasteiger partial charge in [-0.05, 0) is 61.6 Å². The zero-order valence-electron chi connectivity index (χ0n) is 14.0. The predicted molar refractivity (Wildman–Crippen MR) is 94.6 cm³/mol. The van der Waals surface area contributed by atoms with Gasteiger partial charge in [0.05, 0.1) is 12.7 Å². The number of hydrogen-bond acceptors (Lipinski definition) is 5. The topological polar surface area (TPSA) is 40.6 Å². The van der Waals surface area contributed by atoms with Crippen LogP contribution in [0.4, 0.5) is 13.2 Å². The minimum atomic E-state index is -4.43. The molecule has 1 heterocycles. The van der Waals surface area contributed by atoms with Crippen LogP contribution in [-0.4, -0.2) is 23.2 Å². The molecule has 0 radical (unpaired) electrons. The molecule has 0 amide bonds. The van der Waals surface area contributed by atoms with Crippen LogP contribution in [0.25, 0.3) is 0 Å². The Bertz CT molecular complexity index is 759. The van der Waals surface area contributed by atoms with Gasteiger partial charge >= 0.3 is 6.18 Å².